The van der Waals surface area contributed by atoms with Crippen molar-refractivity contribution in [3.63, 3.8) is 0 Å². The summed E-state index contributed by atoms with van der Waals surface area (Å²) >= 11 is 0. The highest BCUT2D eigenvalue weighted by Crippen LogP contribution is 2.30. The van der Waals surface area contributed by atoms with Gasteiger partial charge in [-0.2, -0.15) is 0 Å². The molecule has 1 heterocycles. The molecule has 3 atom stereocenters. The molecule has 4 amide bonds. The van der Waals surface area contributed by atoms with Gasteiger partial charge in [-0.25, -0.2) is 4.79 Å². The summed E-state index contributed by atoms with van der Waals surface area (Å²) in [6, 6.07) is 4.58. The molecule has 4 N–H and O–H groups in total. The maximum absolute atomic E-state index is 12.6. The molecule has 1 fully saturated rings. The second kappa shape index (κ2) is 19.8. The Bertz CT molecular complexity index is 1140. The number of aliphatic hydroxyl groups is 1. The lowest BCUT2D eigenvalue weighted by atomic mass is 10.1. The average molecular weight is 608 g/mol. The van der Waals surface area contributed by atoms with Crippen molar-refractivity contribution in [2.45, 2.75) is 84.9 Å². The van der Waals surface area contributed by atoms with Gasteiger partial charge in [0.15, 0.2) is 6.10 Å². The van der Waals surface area contributed by atoms with Crippen LogP contribution in [0.4, 0.5) is 5.69 Å². The first-order valence-electron chi connectivity index (χ1n) is 14.0. The Morgan fingerprint density at radius 3 is 2.47 bits per heavy atom. The van der Waals surface area contributed by atoms with E-state index in [9.17, 15) is 39.0 Å². The summed E-state index contributed by atoms with van der Waals surface area (Å²) in [4.78, 5) is 71.0. The summed E-state index contributed by atoms with van der Waals surface area (Å²) in [6.45, 7) is 6.89. The number of carboxylic acid groups (broad SMARTS) is 1. The Hall–Kier alpha value is -4.30. The van der Waals surface area contributed by atoms with Crippen LogP contribution in [-0.2, 0) is 44.8 Å². The van der Waals surface area contributed by atoms with Crippen LogP contribution in [0.1, 0.15) is 65.4 Å². The van der Waals surface area contributed by atoms with Crippen LogP contribution in [0.25, 0.3) is 0 Å². The maximum Gasteiger partial charge on any atom is 0.333 e. The Balaban J connectivity index is 0.00000452. The van der Waals surface area contributed by atoms with E-state index in [1.165, 1.54) is 31.2 Å². The number of carbonyl (C=O) groups excluding carboxylic acids is 5. The summed E-state index contributed by atoms with van der Waals surface area (Å²) in [5, 5.41) is 24.5. The Kier molecular flexibility index (Phi) is 16.9. The number of rotatable bonds is 15. The van der Waals surface area contributed by atoms with E-state index in [0.717, 1.165) is 4.90 Å². The van der Waals surface area contributed by atoms with Gasteiger partial charge in [0.25, 0.3) is 5.91 Å². The van der Waals surface area contributed by atoms with Crippen LogP contribution in [0, 0.1) is 0 Å². The lowest BCUT2D eigenvalue weighted by Crippen LogP contribution is -2.42. The molecule has 0 radical (unpaired) electrons. The molecule has 1 saturated heterocycles. The number of aliphatic hydroxyl groups excluding tert-OH is 1. The highest BCUT2D eigenvalue weighted by atomic mass is 16.7. The first-order chi connectivity index (χ1) is 20.5. The number of nitrogens with one attached hydrogen (secondary N) is 2. The fourth-order valence-electron chi connectivity index (χ4n) is 3.77. The molecule has 1 aromatic carbocycles. The van der Waals surface area contributed by atoms with E-state index in [-0.39, 0.29) is 69.1 Å². The van der Waals surface area contributed by atoms with Crippen LogP contribution < -0.4 is 15.4 Å². The maximum atomic E-state index is 12.6. The molecule has 3 unspecified atom stereocenters. The topological polar surface area (TPSA) is 198 Å². The van der Waals surface area contributed by atoms with E-state index in [0.29, 0.717) is 12.0 Å². The normalized spacial score (nSPS) is 17.6. The molecule has 0 aromatic heterocycles. The SMILES string of the molecule is C/C=C\C(=O)N(C=O)CCCC(=O)NCCC(=O)Nc1cc(COC(C)=O)ccc1OC1CC(O)CC(C(=O)O)O1.CC. The van der Waals surface area contributed by atoms with Crippen LogP contribution in [0.3, 0.4) is 0 Å². The van der Waals surface area contributed by atoms with Gasteiger partial charge in [-0.15, -0.1) is 0 Å². The number of aliphatic carboxylic acids is 1. The Labute approximate surface area is 250 Å². The molecular formula is C29H41N3O11. The quantitative estimate of drug-likeness (QED) is 0.129. The zero-order chi connectivity index (χ0) is 32.4. The summed E-state index contributed by atoms with van der Waals surface area (Å²) in [7, 11) is 0. The van der Waals surface area contributed by atoms with Crippen LogP contribution >= 0.6 is 0 Å². The molecule has 1 aliphatic heterocycles. The summed E-state index contributed by atoms with van der Waals surface area (Å²) in [6.07, 6.45) is -0.0837. The number of benzene rings is 1. The van der Waals surface area contributed by atoms with Gasteiger partial charge in [0.2, 0.25) is 24.5 Å². The number of anilines is 1. The van der Waals surface area contributed by atoms with Crippen molar-refractivity contribution < 1.29 is 53.2 Å². The van der Waals surface area contributed by atoms with Crippen LogP contribution in [0.15, 0.2) is 30.4 Å². The first-order valence-corrected chi connectivity index (χ1v) is 14.0. The molecule has 0 bridgehead atoms. The van der Waals surface area contributed by atoms with E-state index in [2.05, 4.69) is 10.6 Å². The smallest absolute Gasteiger partial charge is 0.333 e. The minimum absolute atomic E-state index is 0.00110. The summed E-state index contributed by atoms with van der Waals surface area (Å²) in [5.74, 6) is -2.95. The van der Waals surface area contributed by atoms with Crippen LogP contribution in [0.5, 0.6) is 5.75 Å². The predicted molar refractivity (Wildman–Crippen MR) is 154 cm³/mol. The van der Waals surface area contributed by atoms with Crippen molar-refractivity contribution in [3.8, 4) is 5.75 Å². The molecular weight excluding hydrogens is 566 g/mol. The molecule has 0 spiro atoms. The predicted octanol–water partition coefficient (Wildman–Crippen LogP) is 1.89. The van der Waals surface area contributed by atoms with Crippen molar-refractivity contribution in [2.75, 3.05) is 18.4 Å². The number of ether oxygens (including phenoxy) is 3. The van der Waals surface area contributed by atoms with Crippen molar-refractivity contribution in [1.29, 1.82) is 0 Å². The van der Waals surface area contributed by atoms with Crippen molar-refractivity contribution >= 4 is 41.8 Å². The van der Waals surface area contributed by atoms with Gasteiger partial charge in [0, 0.05) is 45.7 Å². The number of amides is 4. The molecule has 1 aliphatic rings. The second-order valence-electron chi connectivity index (χ2n) is 9.14. The van der Waals surface area contributed by atoms with Gasteiger partial charge in [-0.3, -0.25) is 28.9 Å². The Morgan fingerprint density at radius 1 is 1.12 bits per heavy atom. The first kappa shape index (κ1) is 36.7. The molecule has 0 saturated carbocycles. The minimum atomic E-state index is -1.26. The van der Waals surface area contributed by atoms with E-state index < -0.39 is 42.3 Å². The summed E-state index contributed by atoms with van der Waals surface area (Å²) < 4.78 is 16.2. The average Bonchev–Trinajstić information content (AvgIpc) is 2.96. The van der Waals surface area contributed by atoms with E-state index in [1.54, 1.807) is 13.0 Å². The van der Waals surface area contributed by atoms with E-state index in [1.807, 2.05) is 13.8 Å². The van der Waals surface area contributed by atoms with Gasteiger partial charge >= 0.3 is 11.9 Å². The molecule has 43 heavy (non-hydrogen) atoms. The highest BCUT2D eigenvalue weighted by Gasteiger charge is 2.34. The Morgan fingerprint density at radius 2 is 1.84 bits per heavy atom. The number of nitrogens with zero attached hydrogens (tertiary/aromatic N) is 1. The number of carboxylic acids is 1. The van der Waals surface area contributed by atoms with Gasteiger partial charge in [-0.1, -0.05) is 26.0 Å². The molecule has 238 valence electrons. The standard InChI is InChI=1S/C27H35N3O11.C2H6/c1-3-5-25(36)30(16-31)11-4-6-23(34)28-10-9-24(35)29-20-12-18(15-39-17(2)32)7-8-21(20)40-26-14-19(33)13-22(41-26)27(37)38;1-2/h3,5,7-8,12,16,19,22,26,33H,4,6,9-11,13-15H2,1-2H3,(H,28,34)(H,29,35)(H,37,38);1-2H3/b5-3-;. The number of imide groups is 1. The van der Waals surface area contributed by atoms with Crippen molar-refractivity contribution in [2.24, 2.45) is 0 Å². The second-order valence-corrected chi connectivity index (χ2v) is 9.14. The molecule has 0 aliphatic carbocycles. The molecule has 14 nitrogen and oxygen atoms in total. The lowest BCUT2D eigenvalue weighted by Gasteiger charge is -2.31. The van der Waals surface area contributed by atoms with E-state index in [4.69, 9.17) is 14.2 Å². The monoisotopic (exact) mass is 607 g/mol. The fraction of sp³-hybridized carbons (Fsp3) is 0.517. The molecule has 14 heteroatoms. The minimum Gasteiger partial charge on any atom is -0.479 e. The number of allylic oxidation sites excluding steroid dienone is 1. The van der Waals surface area contributed by atoms with Crippen LogP contribution in [0.2, 0.25) is 0 Å². The van der Waals surface area contributed by atoms with Crippen molar-refractivity contribution in [1.82, 2.24) is 10.2 Å². The third-order valence-electron chi connectivity index (χ3n) is 5.76. The third-order valence-corrected chi connectivity index (χ3v) is 5.76. The molecule has 2 rings (SSSR count). The number of esters is 1. The summed E-state index contributed by atoms with van der Waals surface area (Å²) in [5.41, 5.74) is 0.711. The van der Waals surface area contributed by atoms with E-state index >= 15 is 0 Å². The third kappa shape index (κ3) is 13.9. The molecule has 1 aromatic rings. The highest BCUT2D eigenvalue weighted by molar-refractivity contribution is 5.94. The fourth-order valence-corrected chi connectivity index (χ4v) is 3.77. The van der Waals surface area contributed by atoms with Gasteiger partial charge in [0.1, 0.15) is 12.4 Å². The lowest BCUT2D eigenvalue weighted by molar-refractivity contribution is -0.195. The number of hydrogen-bond donors (Lipinski definition) is 4. The van der Waals surface area contributed by atoms with Crippen LogP contribution in [-0.4, -0.2) is 82.8 Å². The van der Waals surface area contributed by atoms with Crippen molar-refractivity contribution in [3.05, 3.63) is 35.9 Å². The zero-order valence-corrected chi connectivity index (χ0v) is 24.9. The number of hydrogen-bond acceptors (Lipinski definition) is 10. The zero-order valence-electron chi connectivity index (χ0n) is 24.9. The number of carbonyl (C=O) groups is 6. The largest absolute Gasteiger partial charge is 0.479 e. The van der Waals surface area contributed by atoms with Gasteiger partial charge in [0.05, 0.1) is 11.8 Å². The van der Waals surface area contributed by atoms with Gasteiger partial charge < -0.3 is 35.1 Å². The van der Waals surface area contributed by atoms with Gasteiger partial charge in [-0.05, 0) is 37.1 Å².